The second kappa shape index (κ2) is 20.3. The SMILES string of the molecule is CC[C@H](C)[C@H]1O[C@]2(C=C[C@@H]1C)C[C@@H]1C[C@@H](C/C=C(\C)[C@@H](O[C@H]3C[C@H](OC)[C@@H](O[C@@H]4C[C@@H](OC)[C@@H](NC)[C@@H](C)O4)[C@H](C)O3)[C@@H](C)/C=C/C=C3\CO[C@@H]4[C@H](O)C(C)=C[C@@H](C(=O)O1)[C@]34O)O2. The van der Waals surface area contributed by atoms with E-state index in [1.165, 1.54) is 0 Å². The number of hydrogen-bond acceptors (Lipinski definition) is 14. The maximum Gasteiger partial charge on any atom is 0.316 e. The van der Waals surface area contributed by atoms with Gasteiger partial charge < -0.3 is 62.9 Å². The van der Waals surface area contributed by atoms with Crippen LogP contribution >= 0.6 is 0 Å². The van der Waals surface area contributed by atoms with Crippen LogP contribution in [0.2, 0.25) is 0 Å². The van der Waals surface area contributed by atoms with Crippen molar-refractivity contribution < 1.29 is 62.4 Å². The molecule has 0 saturated carbocycles. The molecular weight excluding hydrogens is 811 g/mol. The van der Waals surface area contributed by atoms with Crippen molar-refractivity contribution in [2.45, 2.75) is 191 Å². The maximum absolute atomic E-state index is 14.4. The predicted octanol–water partition coefficient (Wildman–Crippen LogP) is 5.60. The lowest BCUT2D eigenvalue weighted by Gasteiger charge is -2.48. The van der Waals surface area contributed by atoms with Crippen molar-refractivity contribution in [2.24, 2.45) is 23.7 Å². The van der Waals surface area contributed by atoms with E-state index in [4.69, 9.17) is 47.4 Å². The lowest BCUT2D eigenvalue weighted by molar-refractivity contribution is -0.312. The lowest BCUT2D eigenvalue weighted by atomic mass is 9.71. The van der Waals surface area contributed by atoms with E-state index >= 15 is 0 Å². The minimum absolute atomic E-state index is 0.0411. The molecule has 7 aliphatic rings. The van der Waals surface area contributed by atoms with Gasteiger partial charge in [0.05, 0.1) is 55.4 Å². The zero-order chi connectivity index (χ0) is 45.4. The monoisotopic (exact) mass is 886 g/mol. The molecule has 2 bridgehead atoms. The Morgan fingerprint density at radius 1 is 0.921 bits per heavy atom. The molecule has 0 aromatic carbocycles. The molecule has 0 aromatic heterocycles. The van der Waals surface area contributed by atoms with E-state index < -0.39 is 66.4 Å². The first kappa shape index (κ1) is 48.6. The van der Waals surface area contributed by atoms with Gasteiger partial charge >= 0.3 is 5.97 Å². The number of carbonyl (C=O) groups is 1. The predicted molar refractivity (Wildman–Crippen MR) is 234 cm³/mol. The molecule has 1 spiro atoms. The van der Waals surface area contributed by atoms with Crippen molar-refractivity contribution in [1.82, 2.24) is 5.32 Å². The van der Waals surface area contributed by atoms with Gasteiger partial charge in [-0.1, -0.05) is 70.6 Å². The zero-order valence-corrected chi connectivity index (χ0v) is 39.3. The molecule has 6 aliphatic heterocycles. The highest BCUT2D eigenvalue weighted by molar-refractivity contribution is 5.78. The molecule has 0 unspecified atom stereocenters. The average molecular weight is 886 g/mol. The summed E-state index contributed by atoms with van der Waals surface area (Å²) < 4.78 is 64.6. The first-order valence-electron chi connectivity index (χ1n) is 23.4. The second-order valence-electron chi connectivity index (χ2n) is 19.3. The Bertz CT molecular complexity index is 1750. The molecule has 20 atom stereocenters. The van der Waals surface area contributed by atoms with Gasteiger partial charge in [0, 0.05) is 51.7 Å². The zero-order valence-electron chi connectivity index (χ0n) is 39.3. The number of aliphatic hydroxyl groups is 2. The second-order valence-corrected chi connectivity index (χ2v) is 19.3. The van der Waals surface area contributed by atoms with Gasteiger partial charge in [0.25, 0.3) is 0 Å². The summed E-state index contributed by atoms with van der Waals surface area (Å²) in [7, 11) is 5.30. The van der Waals surface area contributed by atoms with Gasteiger partial charge in [-0.25, -0.2) is 0 Å². The summed E-state index contributed by atoms with van der Waals surface area (Å²) in [4.78, 5) is 14.4. The van der Waals surface area contributed by atoms with Gasteiger partial charge in [-0.15, -0.1) is 0 Å². The fourth-order valence-corrected chi connectivity index (χ4v) is 11.0. The number of fused-ring (bicyclic) bond motifs is 2. The van der Waals surface area contributed by atoms with E-state index in [9.17, 15) is 15.0 Å². The van der Waals surface area contributed by atoms with Crippen molar-refractivity contribution in [3.63, 3.8) is 0 Å². The van der Waals surface area contributed by atoms with Crippen LogP contribution in [0.15, 0.2) is 59.3 Å². The third-order valence-electron chi connectivity index (χ3n) is 14.9. The number of rotatable bonds is 9. The molecule has 0 radical (unpaired) electrons. The Kier molecular flexibility index (Phi) is 15.7. The van der Waals surface area contributed by atoms with Gasteiger partial charge in [-0.2, -0.15) is 0 Å². The molecule has 354 valence electrons. The van der Waals surface area contributed by atoms with Gasteiger partial charge in [0.2, 0.25) is 0 Å². The molecule has 3 N–H and O–H groups in total. The highest BCUT2D eigenvalue weighted by Gasteiger charge is 2.60. The van der Waals surface area contributed by atoms with E-state index in [1.54, 1.807) is 33.3 Å². The fraction of sp³-hybridized carbons (Fsp3) is 0.776. The molecule has 14 nitrogen and oxygen atoms in total. The van der Waals surface area contributed by atoms with Crippen LogP contribution in [0.25, 0.3) is 0 Å². The van der Waals surface area contributed by atoms with Gasteiger partial charge in [0.15, 0.2) is 18.4 Å². The van der Waals surface area contributed by atoms with Crippen molar-refractivity contribution >= 4 is 5.97 Å². The fourth-order valence-electron chi connectivity index (χ4n) is 11.0. The smallest absolute Gasteiger partial charge is 0.316 e. The summed E-state index contributed by atoms with van der Waals surface area (Å²) in [6.07, 6.45) is 10.7. The third-order valence-corrected chi connectivity index (χ3v) is 14.9. The molecule has 4 saturated heterocycles. The van der Waals surface area contributed by atoms with Crippen LogP contribution in [-0.4, -0.2) is 141 Å². The van der Waals surface area contributed by atoms with Crippen molar-refractivity contribution in [3.05, 3.63) is 59.3 Å². The summed E-state index contributed by atoms with van der Waals surface area (Å²) >= 11 is 0. The molecular formula is C49H75NO13. The van der Waals surface area contributed by atoms with Crippen LogP contribution < -0.4 is 5.32 Å². The summed E-state index contributed by atoms with van der Waals surface area (Å²) in [5.74, 6) is -2.51. The molecule has 1 aliphatic carbocycles. The molecule has 6 heterocycles. The normalized spacial score (nSPS) is 48.6. The third kappa shape index (κ3) is 10.0. The van der Waals surface area contributed by atoms with Crippen LogP contribution in [0.3, 0.4) is 0 Å². The largest absolute Gasteiger partial charge is 0.462 e. The summed E-state index contributed by atoms with van der Waals surface area (Å²) in [5.41, 5.74) is 0.180. The molecule has 4 fully saturated rings. The first-order chi connectivity index (χ1) is 30.0. The van der Waals surface area contributed by atoms with Crippen molar-refractivity contribution in [1.29, 1.82) is 0 Å². The highest BCUT2D eigenvalue weighted by Crippen LogP contribution is 2.47. The van der Waals surface area contributed by atoms with E-state index in [-0.39, 0.29) is 67.0 Å². The molecule has 0 aromatic rings. The number of hydrogen-bond donors (Lipinski definition) is 3. The Morgan fingerprint density at radius 3 is 2.35 bits per heavy atom. The van der Waals surface area contributed by atoms with Gasteiger partial charge in [-0.3, -0.25) is 4.79 Å². The number of methoxy groups -OCH3 is 2. The number of nitrogens with one attached hydrogen (secondary N) is 1. The van der Waals surface area contributed by atoms with Crippen molar-refractivity contribution in [2.75, 3.05) is 27.9 Å². The molecule has 0 amide bonds. The summed E-state index contributed by atoms with van der Waals surface area (Å²) in [5, 5.41) is 27.1. The van der Waals surface area contributed by atoms with E-state index in [1.807, 2.05) is 39.1 Å². The number of likely N-dealkylation sites (N-methyl/N-ethyl adjacent to an activating group) is 1. The Morgan fingerprint density at radius 2 is 1.63 bits per heavy atom. The van der Waals surface area contributed by atoms with Crippen LogP contribution in [0, 0.1) is 23.7 Å². The summed E-state index contributed by atoms with van der Waals surface area (Å²) in [6, 6.07) is 0.0442. The molecule has 14 heteroatoms. The van der Waals surface area contributed by atoms with Gasteiger partial charge in [0.1, 0.15) is 35.9 Å². The number of carbonyl (C=O) groups excluding carboxylic acids is 1. The highest BCUT2D eigenvalue weighted by atomic mass is 16.7. The Balaban J connectivity index is 1.18. The first-order valence-corrected chi connectivity index (χ1v) is 23.4. The van der Waals surface area contributed by atoms with E-state index in [2.05, 4.69) is 52.1 Å². The summed E-state index contributed by atoms with van der Waals surface area (Å²) in [6.45, 7) is 16.4. The van der Waals surface area contributed by atoms with E-state index in [0.29, 0.717) is 43.3 Å². The molecule has 63 heavy (non-hydrogen) atoms. The number of ether oxygens (including phenoxy) is 10. The van der Waals surface area contributed by atoms with E-state index in [0.717, 1.165) is 12.0 Å². The lowest BCUT2D eigenvalue weighted by Crippen LogP contribution is -2.58. The number of esters is 1. The van der Waals surface area contributed by atoms with Crippen LogP contribution in [0.5, 0.6) is 0 Å². The quantitative estimate of drug-likeness (QED) is 0.194. The Hall–Kier alpha value is -2.31. The van der Waals surface area contributed by atoms with Gasteiger partial charge in [-0.05, 0) is 69.9 Å². The topological polar surface area (TPSA) is 162 Å². The molecule has 7 rings (SSSR count). The number of aliphatic hydroxyl groups excluding tert-OH is 1. The minimum atomic E-state index is -1.83. The van der Waals surface area contributed by atoms with Crippen LogP contribution in [0.4, 0.5) is 0 Å². The Labute approximate surface area is 374 Å². The van der Waals surface area contributed by atoms with Crippen LogP contribution in [0.1, 0.15) is 93.9 Å². The maximum atomic E-state index is 14.4. The minimum Gasteiger partial charge on any atom is -0.462 e. The average Bonchev–Trinajstić information content (AvgIpc) is 3.60. The van der Waals surface area contributed by atoms with Crippen LogP contribution in [-0.2, 0) is 52.2 Å². The number of allylic oxidation sites excluding steroid dienone is 2. The van der Waals surface area contributed by atoms with Crippen molar-refractivity contribution in [3.8, 4) is 0 Å². The standard InChI is InChI=1S/C49H75NO13/c1-12-26(2)44-29(5)18-19-48(63-44)24-35-21-34(62-48)17-16-28(4)43(27(3)14-13-15-33-25-56-46-42(51)30(6)20-36(47(52)59-35)49(33,46)53)60-40-23-38(55-11)45(32(8)58-40)61-39-22-37(54-10)41(50-9)31(7)57-39/h13-16,18-20,26-27,29,31-32,34-46,50-51,53H,12,17,21-25H2,1-11H3/b14-13+,28-16+,33-15+/t26-,27-,29-,31+,32-,34+,35-,36-,37+,38-,39+,40-,41-,42+,43-,44+,45-,46+,48+,49+/m0/s1.